The zero-order chi connectivity index (χ0) is 11.4. The van der Waals surface area contributed by atoms with Crippen LogP contribution in [0.4, 0.5) is 0 Å². The van der Waals surface area contributed by atoms with Crippen LogP contribution in [0.3, 0.4) is 0 Å². The molecule has 0 aliphatic heterocycles. The van der Waals surface area contributed by atoms with Crippen LogP contribution in [0.15, 0.2) is 24.3 Å². The number of rotatable bonds is 4. The van der Waals surface area contributed by atoms with Gasteiger partial charge in [0.25, 0.3) is 0 Å². The fourth-order valence-corrected chi connectivity index (χ4v) is 2.75. The molecule has 1 aliphatic carbocycles. The largest absolute Gasteiger partial charge is 0.497 e. The first-order chi connectivity index (χ1) is 7.85. The number of carbonyl (C=O) groups is 1. The van der Waals surface area contributed by atoms with Gasteiger partial charge in [-0.1, -0.05) is 18.6 Å². The molecule has 1 saturated carbocycles. The first-order valence-electron chi connectivity index (χ1n) is 5.92. The van der Waals surface area contributed by atoms with Crippen LogP contribution in [0.5, 0.6) is 5.75 Å². The molecule has 1 aliphatic rings. The summed E-state index contributed by atoms with van der Waals surface area (Å²) in [6.45, 7) is 0. The normalized spacial score (nSPS) is 24.3. The fraction of sp³-hybridized carbons (Fsp3) is 0.500. The molecule has 0 amide bonds. The van der Waals surface area contributed by atoms with Gasteiger partial charge in [0, 0.05) is 6.42 Å². The van der Waals surface area contributed by atoms with E-state index in [1.54, 1.807) is 7.11 Å². The maximum atomic E-state index is 10.6. The van der Waals surface area contributed by atoms with Gasteiger partial charge in [-0.15, -0.1) is 0 Å². The lowest BCUT2D eigenvalue weighted by molar-refractivity contribution is -0.108. The lowest BCUT2D eigenvalue weighted by Gasteiger charge is -2.18. The third kappa shape index (κ3) is 2.26. The molecule has 2 rings (SSSR count). The van der Waals surface area contributed by atoms with Gasteiger partial charge in [0.05, 0.1) is 7.11 Å². The molecule has 0 radical (unpaired) electrons. The van der Waals surface area contributed by atoms with Crippen LogP contribution in [-0.2, 0) is 4.79 Å². The van der Waals surface area contributed by atoms with Gasteiger partial charge in [-0.3, -0.25) is 0 Å². The van der Waals surface area contributed by atoms with E-state index in [1.165, 1.54) is 24.8 Å². The molecule has 0 saturated heterocycles. The lowest BCUT2D eigenvalue weighted by Crippen LogP contribution is -2.06. The van der Waals surface area contributed by atoms with E-state index in [0.717, 1.165) is 12.0 Å². The van der Waals surface area contributed by atoms with Crippen LogP contribution in [-0.4, -0.2) is 13.4 Å². The SMILES string of the molecule is COc1cccc([C@@H]2CCC[C@@H]2CC=O)c1. The van der Waals surface area contributed by atoms with Crippen molar-refractivity contribution in [2.24, 2.45) is 5.92 Å². The lowest BCUT2D eigenvalue weighted by atomic mass is 9.87. The summed E-state index contributed by atoms with van der Waals surface area (Å²) in [7, 11) is 1.69. The number of hydrogen-bond acceptors (Lipinski definition) is 2. The monoisotopic (exact) mass is 218 g/mol. The molecule has 2 atom stereocenters. The van der Waals surface area contributed by atoms with Crippen molar-refractivity contribution in [3.63, 3.8) is 0 Å². The molecule has 0 N–H and O–H groups in total. The van der Waals surface area contributed by atoms with Crippen molar-refractivity contribution >= 4 is 6.29 Å². The van der Waals surface area contributed by atoms with Gasteiger partial charge in [0.15, 0.2) is 0 Å². The number of ether oxygens (including phenoxy) is 1. The Bertz CT molecular complexity index is 360. The maximum absolute atomic E-state index is 10.6. The summed E-state index contributed by atoms with van der Waals surface area (Å²) in [5, 5.41) is 0. The highest BCUT2D eigenvalue weighted by Crippen LogP contribution is 2.41. The zero-order valence-electron chi connectivity index (χ0n) is 9.69. The Kier molecular flexibility index (Phi) is 3.60. The van der Waals surface area contributed by atoms with Crippen molar-refractivity contribution in [2.45, 2.75) is 31.6 Å². The van der Waals surface area contributed by atoms with Crippen LogP contribution >= 0.6 is 0 Å². The van der Waals surface area contributed by atoms with E-state index in [1.807, 2.05) is 12.1 Å². The van der Waals surface area contributed by atoms with Gasteiger partial charge in [-0.05, 0) is 42.4 Å². The average Bonchev–Trinajstić information content (AvgIpc) is 2.78. The van der Waals surface area contributed by atoms with Gasteiger partial charge in [0.2, 0.25) is 0 Å². The number of benzene rings is 1. The van der Waals surface area contributed by atoms with E-state index < -0.39 is 0 Å². The van der Waals surface area contributed by atoms with Crippen molar-refractivity contribution < 1.29 is 9.53 Å². The molecule has 1 fully saturated rings. The highest BCUT2D eigenvalue weighted by molar-refractivity contribution is 5.50. The molecule has 2 nitrogen and oxygen atoms in total. The Morgan fingerprint density at radius 1 is 1.44 bits per heavy atom. The average molecular weight is 218 g/mol. The smallest absolute Gasteiger partial charge is 0.120 e. The molecule has 0 bridgehead atoms. The summed E-state index contributed by atoms with van der Waals surface area (Å²) in [6.07, 6.45) is 5.37. The summed E-state index contributed by atoms with van der Waals surface area (Å²) < 4.78 is 5.24. The van der Waals surface area contributed by atoms with Crippen LogP contribution in [0.1, 0.15) is 37.2 Å². The molecule has 16 heavy (non-hydrogen) atoms. The number of methoxy groups -OCH3 is 1. The zero-order valence-corrected chi connectivity index (χ0v) is 9.69. The fourth-order valence-electron chi connectivity index (χ4n) is 2.75. The number of carbonyl (C=O) groups excluding carboxylic acids is 1. The minimum Gasteiger partial charge on any atom is -0.497 e. The summed E-state index contributed by atoms with van der Waals surface area (Å²) >= 11 is 0. The molecule has 0 unspecified atom stereocenters. The molecular weight excluding hydrogens is 200 g/mol. The highest BCUT2D eigenvalue weighted by atomic mass is 16.5. The quantitative estimate of drug-likeness (QED) is 0.725. The third-order valence-corrected chi connectivity index (χ3v) is 3.58. The van der Waals surface area contributed by atoms with Crippen molar-refractivity contribution in [1.29, 1.82) is 0 Å². The number of aldehydes is 1. The molecule has 2 heteroatoms. The minimum atomic E-state index is 0.532. The summed E-state index contributed by atoms with van der Waals surface area (Å²) in [5.74, 6) is 1.99. The first kappa shape index (κ1) is 11.2. The second-order valence-corrected chi connectivity index (χ2v) is 4.48. The van der Waals surface area contributed by atoms with Crippen LogP contribution in [0, 0.1) is 5.92 Å². The van der Waals surface area contributed by atoms with Crippen LogP contribution in [0.25, 0.3) is 0 Å². The predicted molar refractivity (Wildman–Crippen MR) is 63.8 cm³/mol. The van der Waals surface area contributed by atoms with E-state index in [0.29, 0.717) is 18.3 Å². The van der Waals surface area contributed by atoms with Crippen molar-refractivity contribution in [2.75, 3.05) is 7.11 Å². The second kappa shape index (κ2) is 5.15. The van der Waals surface area contributed by atoms with E-state index in [4.69, 9.17) is 4.74 Å². The molecule has 1 aromatic carbocycles. The maximum Gasteiger partial charge on any atom is 0.120 e. The summed E-state index contributed by atoms with van der Waals surface area (Å²) in [4.78, 5) is 10.6. The Labute approximate surface area is 96.6 Å². The molecule has 0 spiro atoms. The van der Waals surface area contributed by atoms with Crippen molar-refractivity contribution in [1.82, 2.24) is 0 Å². The highest BCUT2D eigenvalue weighted by Gasteiger charge is 2.28. The van der Waals surface area contributed by atoms with Gasteiger partial charge in [-0.2, -0.15) is 0 Å². The minimum absolute atomic E-state index is 0.532. The van der Waals surface area contributed by atoms with E-state index >= 15 is 0 Å². The van der Waals surface area contributed by atoms with Gasteiger partial charge in [0.1, 0.15) is 12.0 Å². The summed E-state index contributed by atoms with van der Waals surface area (Å²) in [6, 6.07) is 8.25. The van der Waals surface area contributed by atoms with Gasteiger partial charge >= 0.3 is 0 Å². The molecule has 1 aromatic rings. The molecule has 0 heterocycles. The Balaban J connectivity index is 2.18. The van der Waals surface area contributed by atoms with Crippen molar-refractivity contribution in [3.8, 4) is 5.75 Å². The molecule has 0 aromatic heterocycles. The topological polar surface area (TPSA) is 26.3 Å². The molecule has 86 valence electrons. The summed E-state index contributed by atoms with van der Waals surface area (Å²) in [5.41, 5.74) is 1.32. The Morgan fingerprint density at radius 2 is 2.31 bits per heavy atom. The standard InChI is InChI=1S/C14H18O2/c1-16-13-6-2-5-12(10-13)14-7-3-4-11(14)8-9-15/h2,5-6,9-11,14H,3-4,7-8H2,1H3/t11-,14-/m1/s1. The van der Waals surface area contributed by atoms with Gasteiger partial charge in [-0.25, -0.2) is 0 Å². The van der Waals surface area contributed by atoms with Crippen LogP contribution in [0.2, 0.25) is 0 Å². The third-order valence-electron chi connectivity index (χ3n) is 3.58. The van der Waals surface area contributed by atoms with Crippen LogP contribution < -0.4 is 4.74 Å². The second-order valence-electron chi connectivity index (χ2n) is 4.48. The van der Waals surface area contributed by atoms with E-state index in [-0.39, 0.29) is 0 Å². The first-order valence-corrected chi connectivity index (χ1v) is 5.92. The van der Waals surface area contributed by atoms with Gasteiger partial charge < -0.3 is 9.53 Å². The Morgan fingerprint density at radius 3 is 3.06 bits per heavy atom. The predicted octanol–water partition coefficient (Wildman–Crippen LogP) is 3.17. The van der Waals surface area contributed by atoms with E-state index in [9.17, 15) is 4.79 Å². The molecular formula is C14H18O2. The van der Waals surface area contributed by atoms with Crippen molar-refractivity contribution in [3.05, 3.63) is 29.8 Å². The van der Waals surface area contributed by atoms with E-state index in [2.05, 4.69) is 12.1 Å². The number of hydrogen-bond donors (Lipinski definition) is 0. The Hall–Kier alpha value is -1.31.